The van der Waals surface area contributed by atoms with Crippen LogP contribution >= 0.6 is 12.2 Å². The molecule has 1 aliphatic rings. The maximum atomic E-state index is 10.9. The number of hydrogen-bond donors (Lipinski definition) is 3. The van der Waals surface area contributed by atoms with E-state index < -0.39 is 11.5 Å². The number of piperidine rings is 1. The van der Waals surface area contributed by atoms with Crippen molar-refractivity contribution in [3.8, 4) is 0 Å². The van der Waals surface area contributed by atoms with E-state index in [0.717, 1.165) is 0 Å². The second-order valence-electron chi connectivity index (χ2n) is 3.64. The molecule has 5 N–H and O–H groups in total. The summed E-state index contributed by atoms with van der Waals surface area (Å²) in [5.41, 5.74) is 9.14. The molecule has 1 fully saturated rings. The third-order valence-electron chi connectivity index (χ3n) is 2.52. The van der Waals surface area contributed by atoms with E-state index in [4.69, 9.17) is 23.7 Å². The maximum Gasteiger partial charge on any atom is 0.249 e. The Morgan fingerprint density at radius 1 is 1.43 bits per heavy atom. The molecule has 0 aliphatic carbocycles. The van der Waals surface area contributed by atoms with Crippen LogP contribution in [0.2, 0.25) is 0 Å². The van der Waals surface area contributed by atoms with Crippen LogP contribution < -0.4 is 11.5 Å². The van der Waals surface area contributed by atoms with Crippen LogP contribution in [0.3, 0.4) is 0 Å². The van der Waals surface area contributed by atoms with Gasteiger partial charge in [0.25, 0.3) is 0 Å². The SMILES string of the molecule is NC(=O)C1(O)CCN(CC(N)=S)CC1. The number of likely N-dealkylation sites (tertiary alicyclic amines) is 1. The molecule has 1 rings (SSSR count). The molecule has 1 amide bonds. The second-order valence-corrected chi connectivity index (χ2v) is 4.16. The minimum Gasteiger partial charge on any atom is -0.392 e. The highest BCUT2D eigenvalue weighted by Crippen LogP contribution is 2.21. The number of aliphatic hydroxyl groups is 1. The van der Waals surface area contributed by atoms with Crippen LogP contribution in [0, 0.1) is 0 Å². The number of primary amides is 1. The van der Waals surface area contributed by atoms with Crippen LogP contribution in [-0.2, 0) is 4.79 Å². The Morgan fingerprint density at radius 3 is 2.29 bits per heavy atom. The van der Waals surface area contributed by atoms with Crippen molar-refractivity contribution in [1.29, 1.82) is 0 Å². The number of rotatable bonds is 3. The van der Waals surface area contributed by atoms with Crippen molar-refractivity contribution >= 4 is 23.1 Å². The van der Waals surface area contributed by atoms with E-state index in [1.807, 2.05) is 4.90 Å². The van der Waals surface area contributed by atoms with Gasteiger partial charge in [-0.05, 0) is 12.8 Å². The van der Waals surface area contributed by atoms with Crippen molar-refractivity contribution in [2.45, 2.75) is 18.4 Å². The van der Waals surface area contributed by atoms with Crippen LogP contribution in [-0.4, -0.2) is 46.1 Å². The molecule has 80 valence electrons. The summed E-state index contributed by atoms with van der Waals surface area (Å²) in [4.78, 5) is 13.3. The van der Waals surface area contributed by atoms with Crippen LogP contribution in [0.1, 0.15) is 12.8 Å². The number of hydrogen-bond acceptors (Lipinski definition) is 4. The van der Waals surface area contributed by atoms with Crippen LogP contribution in [0.4, 0.5) is 0 Å². The lowest BCUT2D eigenvalue weighted by molar-refractivity contribution is -0.140. The number of amides is 1. The Labute approximate surface area is 88.0 Å². The maximum absolute atomic E-state index is 10.9. The van der Waals surface area contributed by atoms with Crippen molar-refractivity contribution in [1.82, 2.24) is 4.90 Å². The summed E-state index contributed by atoms with van der Waals surface area (Å²) in [7, 11) is 0. The van der Waals surface area contributed by atoms with Gasteiger partial charge in [-0.15, -0.1) is 0 Å². The monoisotopic (exact) mass is 217 g/mol. The zero-order chi connectivity index (χ0) is 10.8. The fourth-order valence-corrected chi connectivity index (χ4v) is 1.73. The average Bonchev–Trinajstić information content (AvgIpc) is 2.08. The molecular formula is C8H15N3O2S. The lowest BCUT2D eigenvalue weighted by Crippen LogP contribution is -2.53. The van der Waals surface area contributed by atoms with E-state index >= 15 is 0 Å². The second kappa shape index (κ2) is 4.20. The predicted octanol–water partition coefficient (Wildman–Crippen LogP) is -1.42. The zero-order valence-electron chi connectivity index (χ0n) is 7.90. The highest BCUT2D eigenvalue weighted by atomic mass is 32.1. The first-order valence-electron chi connectivity index (χ1n) is 4.47. The molecule has 0 unspecified atom stereocenters. The van der Waals surface area contributed by atoms with E-state index in [1.54, 1.807) is 0 Å². The molecule has 0 atom stereocenters. The van der Waals surface area contributed by atoms with Crippen molar-refractivity contribution in [3.05, 3.63) is 0 Å². The molecule has 0 aromatic rings. The Kier molecular flexibility index (Phi) is 3.41. The third-order valence-corrected chi connectivity index (χ3v) is 2.65. The molecule has 0 saturated carbocycles. The Bertz CT molecular complexity index is 249. The lowest BCUT2D eigenvalue weighted by Gasteiger charge is -2.35. The predicted molar refractivity (Wildman–Crippen MR) is 56.6 cm³/mol. The number of nitrogens with two attached hydrogens (primary N) is 2. The molecular weight excluding hydrogens is 202 g/mol. The third kappa shape index (κ3) is 2.63. The van der Waals surface area contributed by atoms with Gasteiger partial charge in [-0.3, -0.25) is 9.69 Å². The summed E-state index contributed by atoms with van der Waals surface area (Å²) in [6.07, 6.45) is 0.704. The van der Waals surface area contributed by atoms with Crippen LogP contribution in [0.25, 0.3) is 0 Å². The van der Waals surface area contributed by atoms with Gasteiger partial charge in [0, 0.05) is 19.6 Å². The van der Waals surface area contributed by atoms with Gasteiger partial charge >= 0.3 is 0 Å². The van der Waals surface area contributed by atoms with Gasteiger partial charge in [0.05, 0.1) is 4.99 Å². The summed E-state index contributed by atoms with van der Waals surface area (Å²) in [5, 5.41) is 9.74. The summed E-state index contributed by atoms with van der Waals surface area (Å²) in [5.74, 6) is -0.646. The number of nitrogens with zero attached hydrogens (tertiary/aromatic N) is 1. The molecule has 5 nitrogen and oxygen atoms in total. The normalized spacial score (nSPS) is 21.8. The molecule has 0 aromatic carbocycles. The number of thiocarbonyl (C=S) groups is 1. The van der Waals surface area contributed by atoms with E-state index in [9.17, 15) is 9.90 Å². The summed E-state index contributed by atoms with van der Waals surface area (Å²) >= 11 is 4.77. The molecule has 0 aromatic heterocycles. The van der Waals surface area contributed by atoms with Gasteiger partial charge in [-0.1, -0.05) is 12.2 Å². The minimum absolute atomic E-state index is 0.352. The largest absolute Gasteiger partial charge is 0.392 e. The molecule has 1 saturated heterocycles. The Hall–Kier alpha value is -0.720. The molecule has 0 bridgehead atoms. The first-order chi connectivity index (χ1) is 6.44. The van der Waals surface area contributed by atoms with Crippen LogP contribution in [0.5, 0.6) is 0 Å². The summed E-state index contributed by atoms with van der Waals surface area (Å²) < 4.78 is 0. The van der Waals surface area contributed by atoms with Gasteiger partial charge in [-0.2, -0.15) is 0 Å². The van der Waals surface area contributed by atoms with E-state index in [2.05, 4.69) is 0 Å². The fourth-order valence-electron chi connectivity index (χ4n) is 1.55. The van der Waals surface area contributed by atoms with Gasteiger partial charge in [-0.25, -0.2) is 0 Å². The lowest BCUT2D eigenvalue weighted by atomic mass is 9.91. The van der Waals surface area contributed by atoms with E-state index in [0.29, 0.717) is 37.5 Å². The van der Waals surface area contributed by atoms with E-state index in [1.165, 1.54) is 0 Å². The molecule has 1 aliphatic heterocycles. The van der Waals surface area contributed by atoms with Crippen molar-refractivity contribution in [2.75, 3.05) is 19.6 Å². The fraction of sp³-hybridized carbons (Fsp3) is 0.750. The van der Waals surface area contributed by atoms with Crippen LogP contribution in [0.15, 0.2) is 0 Å². The number of carbonyl (C=O) groups excluding carboxylic acids is 1. The van der Waals surface area contributed by atoms with Gasteiger partial charge in [0.1, 0.15) is 5.60 Å². The minimum atomic E-state index is -1.34. The standard InChI is InChI=1S/C8H15N3O2S/c9-6(14)5-11-3-1-8(13,2-4-11)7(10)12/h13H,1-5H2,(H2,9,14)(H2,10,12). The smallest absolute Gasteiger partial charge is 0.249 e. The van der Waals surface area contributed by atoms with Crippen molar-refractivity contribution in [3.63, 3.8) is 0 Å². The Morgan fingerprint density at radius 2 is 1.93 bits per heavy atom. The van der Waals surface area contributed by atoms with Crippen molar-refractivity contribution in [2.24, 2.45) is 11.5 Å². The summed E-state index contributed by atoms with van der Waals surface area (Å²) in [6, 6.07) is 0. The molecule has 1 heterocycles. The first-order valence-corrected chi connectivity index (χ1v) is 4.88. The molecule has 14 heavy (non-hydrogen) atoms. The molecule has 0 spiro atoms. The highest BCUT2D eigenvalue weighted by Gasteiger charge is 2.37. The van der Waals surface area contributed by atoms with Gasteiger partial charge < -0.3 is 16.6 Å². The van der Waals surface area contributed by atoms with Gasteiger partial charge in [0.15, 0.2) is 0 Å². The first kappa shape index (κ1) is 11.4. The molecule has 0 radical (unpaired) electrons. The topological polar surface area (TPSA) is 92.6 Å². The van der Waals surface area contributed by atoms with Crippen molar-refractivity contribution < 1.29 is 9.90 Å². The Balaban J connectivity index is 2.45. The molecule has 6 heteroatoms. The summed E-state index contributed by atoms with van der Waals surface area (Å²) in [6.45, 7) is 1.72. The highest BCUT2D eigenvalue weighted by molar-refractivity contribution is 7.80. The quantitative estimate of drug-likeness (QED) is 0.505. The zero-order valence-corrected chi connectivity index (χ0v) is 8.72. The van der Waals surface area contributed by atoms with Gasteiger partial charge in [0.2, 0.25) is 5.91 Å². The number of carbonyl (C=O) groups is 1. The van der Waals surface area contributed by atoms with E-state index in [-0.39, 0.29) is 0 Å². The average molecular weight is 217 g/mol.